The van der Waals surface area contributed by atoms with E-state index in [2.05, 4.69) is 10.1 Å². The standard InChI is InChI=1S/C19H21N3O3/c1-4-25-16(23)11-10-15-12(2)20-18-17(14-8-6-5-7-9-14)13(3)21-22(18)19(15)24/h5-9,21H,4,10-11H2,1-3H3. The van der Waals surface area contributed by atoms with Gasteiger partial charge in [0.25, 0.3) is 5.56 Å². The maximum atomic E-state index is 12.9. The molecule has 2 aromatic heterocycles. The van der Waals surface area contributed by atoms with Gasteiger partial charge >= 0.3 is 5.97 Å². The largest absolute Gasteiger partial charge is 0.466 e. The van der Waals surface area contributed by atoms with Crippen LogP contribution < -0.4 is 5.56 Å². The number of hydrogen-bond acceptors (Lipinski definition) is 4. The van der Waals surface area contributed by atoms with E-state index in [0.29, 0.717) is 29.9 Å². The summed E-state index contributed by atoms with van der Waals surface area (Å²) >= 11 is 0. The molecule has 6 heteroatoms. The number of carbonyl (C=O) groups excluding carboxylic acids is 1. The van der Waals surface area contributed by atoms with Crippen LogP contribution in [0.15, 0.2) is 35.1 Å². The van der Waals surface area contributed by atoms with Crippen molar-refractivity contribution in [2.45, 2.75) is 33.6 Å². The molecule has 0 aliphatic rings. The Labute approximate surface area is 145 Å². The minimum atomic E-state index is -0.306. The SMILES string of the molecule is CCOC(=O)CCc1c(C)nc2c(-c3ccccc3)c(C)[nH]n2c1=O. The van der Waals surface area contributed by atoms with Gasteiger partial charge in [-0.05, 0) is 32.8 Å². The number of rotatable bonds is 5. The van der Waals surface area contributed by atoms with Crippen LogP contribution in [0, 0.1) is 13.8 Å². The molecule has 0 bridgehead atoms. The van der Waals surface area contributed by atoms with Crippen LogP contribution >= 0.6 is 0 Å². The van der Waals surface area contributed by atoms with Crippen molar-refractivity contribution in [2.24, 2.45) is 0 Å². The molecule has 0 atom stereocenters. The van der Waals surface area contributed by atoms with Crippen molar-refractivity contribution in [1.29, 1.82) is 0 Å². The lowest BCUT2D eigenvalue weighted by molar-refractivity contribution is -0.143. The second kappa shape index (κ2) is 6.93. The molecule has 0 saturated heterocycles. The number of aromatic nitrogens is 3. The Balaban J connectivity index is 2.07. The van der Waals surface area contributed by atoms with E-state index in [1.165, 1.54) is 4.52 Å². The number of ether oxygens (including phenoxy) is 1. The molecule has 0 saturated carbocycles. The van der Waals surface area contributed by atoms with Gasteiger partial charge in [-0.1, -0.05) is 30.3 Å². The van der Waals surface area contributed by atoms with Crippen LogP contribution in [0.1, 0.15) is 30.3 Å². The van der Waals surface area contributed by atoms with Crippen molar-refractivity contribution < 1.29 is 9.53 Å². The maximum Gasteiger partial charge on any atom is 0.306 e. The fourth-order valence-corrected chi connectivity index (χ4v) is 3.02. The molecule has 1 N–H and O–H groups in total. The van der Waals surface area contributed by atoms with Crippen LogP contribution in [0.4, 0.5) is 0 Å². The molecule has 25 heavy (non-hydrogen) atoms. The summed E-state index contributed by atoms with van der Waals surface area (Å²) in [6.45, 7) is 5.83. The first kappa shape index (κ1) is 17.0. The molecule has 0 fully saturated rings. The van der Waals surface area contributed by atoms with Crippen molar-refractivity contribution in [3.63, 3.8) is 0 Å². The number of carbonyl (C=O) groups is 1. The molecule has 3 aromatic rings. The van der Waals surface area contributed by atoms with Crippen molar-refractivity contribution in [3.8, 4) is 11.1 Å². The summed E-state index contributed by atoms with van der Waals surface area (Å²) in [4.78, 5) is 29.1. The van der Waals surface area contributed by atoms with Crippen molar-refractivity contribution in [3.05, 3.63) is 57.6 Å². The highest BCUT2D eigenvalue weighted by Crippen LogP contribution is 2.26. The minimum Gasteiger partial charge on any atom is -0.466 e. The Bertz CT molecular complexity index is 971. The number of nitrogens with zero attached hydrogens (tertiary/aromatic N) is 2. The molecule has 130 valence electrons. The molecular formula is C19H21N3O3. The van der Waals surface area contributed by atoms with Gasteiger partial charge in [-0.3, -0.25) is 14.7 Å². The van der Waals surface area contributed by atoms with Crippen molar-refractivity contribution in [2.75, 3.05) is 6.61 Å². The predicted molar refractivity (Wildman–Crippen MR) is 95.7 cm³/mol. The molecule has 2 heterocycles. The highest BCUT2D eigenvalue weighted by Gasteiger charge is 2.18. The van der Waals surface area contributed by atoms with E-state index >= 15 is 0 Å². The van der Waals surface area contributed by atoms with Crippen LogP contribution in [0.5, 0.6) is 0 Å². The fraction of sp³-hybridized carbons (Fsp3) is 0.316. The first-order chi connectivity index (χ1) is 12.0. The first-order valence-electron chi connectivity index (χ1n) is 8.34. The van der Waals surface area contributed by atoms with E-state index < -0.39 is 0 Å². The minimum absolute atomic E-state index is 0.169. The number of hydrogen-bond donors (Lipinski definition) is 1. The zero-order valence-corrected chi connectivity index (χ0v) is 14.6. The van der Waals surface area contributed by atoms with Crippen molar-refractivity contribution >= 4 is 11.6 Å². The Morgan fingerprint density at radius 1 is 1.24 bits per heavy atom. The van der Waals surface area contributed by atoms with Gasteiger partial charge in [-0.15, -0.1) is 0 Å². The molecule has 0 amide bonds. The van der Waals surface area contributed by atoms with Crippen LogP contribution in [0.3, 0.4) is 0 Å². The lowest BCUT2D eigenvalue weighted by Crippen LogP contribution is -2.23. The molecular weight excluding hydrogens is 318 g/mol. The zero-order chi connectivity index (χ0) is 18.0. The number of H-pyrrole nitrogens is 1. The Hall–Kier alpha value is -2.89. The van der Waals surface area contributed by atoms with Gasteiger partial charge in [0.15, 0.2) is 5.65 Å². The summed E-state index contributed by atoms with van der Waals surface area (Å²) in [7, 11) is 0. The zero-order valence-electron chi connectivity index (χ0n) is 14.6. The van der Waals surface area contributed by atoms with Crippen LogP contribution in [0.2, 0.25) is 0 Å². The van der Waals surface area contributed by atoms with Crippen LogP contribution in [-0.4, -0.2) is 27.2 Å². The van der Waals surface area contributed by atoms with Gasteiger partial charge in [0, 0.05) is 28.9 Å². The smallest absolute Gasteiger partial charge is 0.306 e. The second-order valence-electron chi connectivity index (χ2n) is 5.92. The third kappa shape index (κ3) is 3.20. The summed E-state index contributed by atoms with van der Waals surface area (Å²) in [5.74, 6) is -0.306. The molecule has 0 unspecified atom stereocenters. The van der Waals surface area contributed by atoms with Gasteiger partial charge in [0.05, 0.1) is 6.61 Å². The summed E-state index contributed by atoms with van der Waals surface area (Å²) in [5, 5.41) is 3.10. The Morgan fingerprint density at radius 2 is 1.96 bits per heavy atom. The average Bonchev–Trinajstić information content (AvgIpc) is 2.92. The van der Waals surface area contributed by atoms with E-state index in [0.717, 1.165) is 16.8 Å². The van der Waals surface area contributed by atoms with Gasteiger partial charge in [-0.2, -0.15) is 0 Å². The summed E-state index contributed by atoms with van der Waals surface area (Å²) in [6, 6.07) is 9.85. The van der Waals surface area contributed by atoms with E-state index in [1.54, 1.807) is 13.8 Å². The Kier molecular flexibility index (Phi) is 4.70. The molecule has 3 rings (SSSR count). The van der Waals surface area contributed by atoms with E-state index in [1.807, 2.05) is 37.3 Å². The lowest BCUT2D eigenvalue weighted by atomic mass is 10.1. The number of esters is 1. The maximum absolute atomic E-state index is 12.9. The predicted octanol–water partition coefficient (Wildman–Crippen LogP) is 2.80. The summed E-state index contributed by atoms with van der Waals surface area (Å²) < 4.78 is 6.40. The highest BCUT2D eigenvalue weighted by atomic mass is 16.5. The molecule has 0 aliphatic carbocycles. The Morgan fingerprint density at radius 3 is 2.64 bits per heavy atom. The molecule has 0 aliphatic heterocycles. The first-order valence-corrected chi connectivity index (χ1v) is 8.34. The molecule has 6 nitrogen and oxygen atoms in total. The van der Waals surface area contributed by atoms with E-state index in [9.17, 15) is 9.59 Å². The van der Waals surface area contributed by atoms with Gasteiger partial charge in [0.1, 0.15) is 0 Å². The van der Waals surface area contributed by atoms with Gasteiger partial charge in [0.2, 0.25) is 0 Å². The number of nitrogens with one attached hydrogen (secondary N) is 1. The van der Waals surface area contributed by atoms with Gasteiger partial charge in [-0.25, -0.2) is 9.50 Å². The number of aryl methyl sites for hydroxylation is 2. The average molecular weight is 339 g/mol. The summed E-state index contributed by atoms with van der Waals surface area (Å²) in [6.07, 6.45) is 0.487. The normalized spacial score (nSPS) is 11.0. The third-order valence-electron chi connectivity index (χ3n) is 4.21. The fourth-order valence-electron chi connectivity index (χ4n) is 3.02. The van der Waals surface area contributed by atoms with E-state index in [-0.39, 0.29) is 17.9 Å². The number of benzene rings is 1. The van der Waals surface area contributed by atoms with E-state index in [4.69, 9.17) is 4.74 Å². The third-order valence-corrected chi connectivity index (χ3v) is 4.21. The molecule has 0 radical (unpaired) electrons. The van der Waals surface area contributed by atoms with Crippen molar-refractivity contribution in [1.82, 2.24) is 14.6 Å². The molecule has 1 aromatic carbocycles. The quantitative estimate of drug-likeness (QED) is 0.725. The van der Waals surface area contributed by atoms with Gasteiger partial charge < -0.3 is 4.74 Å². The van der Waals surface area contributed by atoms with Crippen LogP contribution in [0.25, 0.3) is 16.8 Å². The summed E-state index contributed by atoms with van der Waals surface area (Å²) in [5.41, 5.74) is 4.40. The molecule has 0 spiro atoms. The highest BCUT2D eigenvalue weighted by molar-refractivity contribution is 5.79. The lowest BCUT2D eigenvalue weighted by Gasteiger charge is -2.06. The number of aromatic amines is 1. The second-order valence-corrected chi connectivity index (χ2v) is 5.92. The number of fused-ring (bicyclic) bond motifs is 1. The topological polar surface area (TPSA) is 76.5 Å². The monoisotopic (exact) mass is 339 g/mol. The van der Waals surface area contributed by atoms with Crippen LogP contribution in [-0.2, 0) is 16.0 Å².